The Morgan fingerprint density at radius 1 is 1.31 bits per heavy atom. The first-order valence-electron chi connectivity index (χ1n) is 8.19. The fraction of sp³-hybridized carbons (Fsp3) is 0.412. The van der Waals surface area contributed by atoms with Crippen LogP contribution in [0.1, 0.15) is 42.0 Å². The highest BCUT2D eigenvalue weighted by Crippen LogP contribution is 2.13. The molecule has 9 nitrogen and oxygen atoms in total. The molecular weight excluding hydrogens is 340 g/mol. The molecule has 0 aliphatic rings. The molecular formula is C17H22N4O5. The summed E-state index contributed by atoms with van der Waals surface area (Å²) in [6, 6.07) is 8.08. The Morgan fingerprint density at radius 2 is 2.04 bits per heavy atom. The second kappa shape index (κ2) is 9.64. The van der Waals surface area contributed by atoms with Crippen molar-refractivity contribution >= 4 is 11.9 Å². The molecule has 2 aromatic rings. The first-order valence-corrected chi connectivity index (χ1v) is 8.19. The number of benzene rings is 1. The van der Waals surface area contributed by atoms with E-state index in [4.69, 9.17) is 19.7 Å². The second-order valence-electron chi connectivity index (χ2n) is 5.53. The van der Waals surface area contributed by atoms with E-state index in [1.165, 1.54) is 0 Å². The van der Waals surface area contributed by atoms with Gasteiger partial charge in [0.2, 0.25) is 5.91 Å². The van der Waals surface area contributed by atoms with E-state index in [9.17, 15) is 9.59 Å². The lowest BCUT2D eigenvalue weighted by Crippen LogP contribution is -2.41. The molecule has 1 aromatic heterocycles. The maximum atomic E-state index is 11.9. The molecule has 0 spiro atoms. The minimum atomic E-state index is -0.743. The maximum absolute atomic E-state index is 11.9. The van der Waals surface area contributed by atoms with Crippen molar-refractivity contribution in [3.8, 4) is 0 Å². The molecule has 0 bridgehead atoms. The summed E-state index contributed by atoms with van der Waals surface area (Å²) < 4.78 is 15.5. The van der Waals surface area contributed by atoms with E-state index in [1.54, 1.807) is 13.8 Å². The number of aromatic nitrogens is 2. The molecule has 0 aliphatic carbocycles. The third kappa shape index (κ3) is 5.64. The molecule has 2 rings (SSSR count). The van der Waals surface area contributed by atoms with Crippen molar-refractivity contribution in [2.75, 3.05) is 13.2 Å². The number of rotatable bonds is 9. The van der Waals surface area contributed by atoms with Gasteiger partial charge in [-0.05, 0) is 24.6 Å². The zero-order chi connectivity index (χ0) is 18.9. The normalized spacial score (nSPS) is 13.0. The number of carbonyl (C=O) groups is 2. The van der Waals surface area contributed by atoms with Crippen LogP contribution in [0.2, 0.25) is 0 Å². The smallest absolute Gasteiger partial charge is 0.379 e. The van der Waals surface area contributed by atoms with Crippen molar-refractivity contribution in [1.29, 1.82) is 0 Å². The van der Waals surface area contributed by atoms with E-state index in [0.717, 1.165) is 5.56 Å². The lowest BCUT2D eigenvalue weighted by Gasteiger charge is -2.16. The number of nitrogens with zero attached hydrogens (tertiary/aromatic N) is 2. The van der Waals surface area contributed by atoms with E-state index in [-0.39, 0.29) is 24.9 Å². The van der Waals surface area contributed by atoms with Gasteiger partial charge in [0.05, 0.1) is 25.9 Å². The number of nitrogens with one attached hydrogen (secondary N) is 1. The molecule has 1 heterocycles. The molecule has 1 amide bonds. The number of amides is 1. The molecule has 0 saturated carbocycles. The average molecular weight is 362 g/mol. The van der Waals surface area contributed by atoms with Gasteiger partial charge in [0.15, 0.2) is 0 Å². The molecule has 0 fully saturated rings. The first-order chi connectivity index (χ1) is 12.5. The van der Waals surface area contributed by atoms with Gasteiger partial charge in [-0.2, -0.15) is 4.98 Å². The lowest BCUT2D eigenvalue weighted by molar-refractivity contribution is -0.123. The van der Waals surface area contributed by atoms with Gasteiger partial charge in [-0.3, -0.25) is 4.79 Å². The lowest BCUT2D eigenvalue weighted by atomic mass is 10.2. The third-order valence-electron chi connectivity index (χ3n) is 3.32. The van der Waals surface area contributed by atoms with Gasteiger partial charge < -0.3 is 25.0 Å². The summed E-state index contributed by atoms with van der Waals surface area (Å²) in [5.41, 5.74) is 6.56. The van der Waals surface area contributed by atoms with E-state index in [1.807, 2.05) is 30.3 Å². The standard InChI is InChI=1S/C17H22N4O5/c1-3-25-17(23)14-20-16(26-21-14)13(19-15(22)11(2)18)10-24-9-12-7-5-4-6-8-12/h4-8,11,13H,3,9-10,18H2,1-2H3,(H,19,22). The molecule has 140 valence electrons. The Labute approximate surface area is 150 Å². The Bertz CT molecular complexity index is 717. The first kappa shape index (κ1) is 19.5. The van der Waals surface area contributed by atoms with Gasteiger partial charge in [0.1, 0.15) is 6.04 Å². The quantitative estimate of drug-likeness (QED) is 0.631. The fourth-order valence-corrected chi connectivity index (χ4v) is 2.00. The predicted octanol–water partition coefficient (Wildman–Crippen LogP) is 0.968. The van der Waals surface area contributed by atoms with Crippen LogP contribution in [0.3, 0.4) is 0 Å². The number of nitrogens with two attached hydrogens (primary N) is 1. The van der Waals surface area contributed by atoms with Gasteiger partial charge in [0.25, 0.3) is 11.7 Å². The van der Waals surface area contributed by atoms with Crippen LogP contribution in [-0.4, -0.2) is 41.3 Å². The van der Waals surface area contributed by atoms with Crippen molar-refractivity contribution < 1.29 is 23.6 Å². The summed E-state index contributed by atoms with van der Waals surface area (Å²) in [6.07, 6.45) is 0. The van der Waals surface area contributed by atoms with Crippen LogP contribution in [0.4, 0.5) is 0 Å². The van der Waals surface area contributed by atoms with Crippen LogP contribution < -0.4 is 11.1 Å². The maximum Gasteiger partial charge on any atom is 0.379 e. The highest BCUT2D eigenvalue weighted by molar-refractivity contribution is 5.85. The Kier molecular flexibility index (Phi) is 7.24. The SMILES string of the molecule is CCOC(=O)c1noc(C(COCc2ccccc2)NC(=O)C(C)N)n1. The van der Waals surface area contributed by atoms with Gasteiger partial charge in [-0.25, -0.2) is 4.79 Å². The van der Waals surface area contributed by atoms with Gasteiger partial charge in [-0.1, -0.05) is 30.3 Å². The Balaban J connectivity index is 2.05. The van der Waals surface area contributed by atoms with Crippen molar-refractivity contribution in [2.45, 2.75) is 32.5 Å². The highest BCUT2D eigenvalue weighted by atomic mass is 16.5. The van der Waals surface area contributed by atoms with Crippen molar-refractivity contribution in [3.05, 3.63) is 47.6 Å². The van der Waals surface area contributed by atoms with Crippen molar-refractivity contribution in [1.82, 2.24) is 15.5 Å². The second-order valence-corrected chi connectivity index (χ2v) is 5.53. The minimum Gasteiger partial charge on any atom is -0.460 e. The average Bonchev–Trinajstić information content (AvgIpc) is 3.12. The summed E-state index contributed by atoms with van der Waals surface area (Å²) in [7, 11) is 0. The summed E-state index contributed by atoms with van der Waals surface area (Å²) >= 11 is 0. The van der Waals surface area contributed by atoms with E-state index in [2.05, 4.69) is 15.5 Å². The zero-order valence-electron chi connectivity index (χ0n) is 14.7. The summed E-state index contributed by atoms with van der Waals surface area (Å²) in [5, 5.41) is 6.24. The van der Waals surface area contributed by atoms with E-state index < -0.39 is 24.0 Å². The molecule has 3 N–H and O–H groups in total. The molecule has 2 unspecified atom stereocenters. The Morgan fingerprint density at radius 3 is 2.69 bits per heavy atom. The summed E-state index contributed by atoms with van der Waals surface area (Å²) in [6.45, 7) is 3.81. The molecule has 26 heavy (non-hydrogen) atoms. The summed E-state index contributed by atoms with van der Waals surface area (Å²) in [4.78, 5) is 27.6. The van der Waals surface area contributed by atoms with Crippen LogP contribution >= 0.6 is 0 Å². The van der Waals surface area contributed by atoms with Gasteiger partial charge in [-0.15, -0.1) is 0 Å². The zero-order valence-corrected chi connectivity index (χ0v) is 14.7. The molecule has 2 atom stereocenters. The van der Waals surface area contributed by atoms with Crippen LogP contribution in [0.15, 0.2) is 34.9 Å². The number of esters is 1. The van der Waals surface area contributed by atoms with Gasteiger partial charge >= 0.3 is 5.97 Å². The van der Waals surface area contributed by atoms with Crippen LogP contribution in [0.25, 0.3) is 0 Å². The van der Waals surface area contributed by atoms with E-state index >= 15 is 0 Å². The molecule has 0 saturated heterocycles. The minimum absolute atomic E-state index is 0.0371. The molecule has 0 radical (unpaired) electrons. The van der Waals surface area contributed by atoms with Crippen molar-refractivity contribution in [3.63, 3.8) is 0 Å². The molecule has 1 aromatic carbocycles. The highest BCUT2D eigenvalue weighted by Gasteiger charge is 2.25. The number of hydrogen-bond donors (Lipinski definition) is 2. The van der Waals surface area contributed by atoms with Crippen molar-refractivity contribution in [2.24, 2.45) is 5.73 Å². The van der Waals surface area contributed by atoms with E-state index in [0.29, 0.717) is 6.61 Å². The topological polar surface area (TPSA) is 130 Å². The van der Waals surface area contributed by atoms with Gasteiger partial charge in [0, 0.05) is 0 Å². The number of carbonyl (C=O) groups excluding carboxylic acids is 2. The Hall–Kier alpha value is -2.78. The summed E-state index contributed by atoms with van der Waals surface area (Å²) in [5.74, 6) is -1.29. The number of ether oxygens (including phenoxy) is 2. The fourth-order valence-electron chi connectivity index (χ4n) is 2.00. The largest absolute Gasteiger partial charge is 0.460 e. The molecule has 9 heteroatoms. The number of hydrogen-bond acceptors (Lipinski definition) is 8. The molecule has 0 aliphatic heterocycles. The monoisotopic (exact) mass is 362 g/mol. The van der Waals surface area contributed by atoms with Crippen LogP contribution in [-0.2, 0) is 20.9 Å². The third-order valence-corrected chi connectivity index (χ3v) is 3.32. The predicted molar refractivity (Wildman–Crippen MR) is 90.9 cm³/mol. The van der Waals surface area contributed by atoms with Crippen LogP contribution in [0, 0.1) is 0 Å². The van der Waals surface area contributed by atoms with Crippen LogP contribution in [0.5, 0.6) is 0 Å².